The molecule has 0 fully saturated rings. The van der Waals surface area contributed by atoms with E-state index in [0.29, 0.717) is 18.3 Å². The maximum absolute atomic E-state index is 12.9. The third kappa shape index (κ3) is 2.41. The van der Waals surface area contributed by atoms with E-state index in [-0.39, 0.29) is 11.7 Å². The van der Waals surface area contributed by atoms with Gasteiger partial charge in [-0.3, -0.25) is 4.57 Å². The molecule has 5 heteroatoms. The van der Waals surface area contributed by atoms with Gasteiger partial charge in [0.05, 0.1) is 6.20 Å². The Morgan fingerprint density at radius 1 is 1.33 bits per heavy atom. The molecule has 0 spiro atoms. The first-order valence-electron chi connectivity index (χ1n) is 5.97. The molecule has 2 aromatic rings. The highest BCUT2D eigenvalue weighted by molar-refractivity contribution is 5.27. The molecule has 0 aliphatic carbocycles. The Morgan fingerprint density at radius 2 is 2.11 bits per heavy atom. The van der Waals surface area contributed by atoms with Gasteiger partial charge in [0.2, 0.25) is 0 Å². The van der Waals surface area contributed by atoms with Crippen molar-refractivity contribution in [1.29, 1.82) is 0 Å². The maximum Gasteiger partial charge on any atom is 0.141 e. The van der Waals surface area contributed by atoms with Gasteiger partial charge in [0, 0.05) is 24.4 Å². The number of hydrogen-bond donors (Lipinski definition) is 1. The van der Waals surface area contributed by atoms with Crippen LogP contribution in [0.5, 0.6) is 0 Å². The SMILES string of the molecule is CC(C)C(CN)c1cncn1-c1ccc(F)cn1. The average molecular weight is 248 g/mol. The Kier molecular flexibility index (Phi) is 3.72. The zero-order valence-corrected chi connectivity index (χ0v) is 10.5. The van der Waals surface area contributed by atoms with E-state index in [1.807, 2.05) is 4.57 Å². The van der Waals surface area contributed by atoms with Crippen LogP contribution in [0.4, 0.5) is 4.39 Å². The van der Waals surface area contributed by atoms with Crippen LogP contribution < -0.4 is 5.73 Å². The average Bonchev–Trinajstić information content (AvgIpc) is 2.79. The standard InChI is InChI=1S/C13H17FN4/c1-9(2)11(5-15)12-7-16-8-18(12)13-4-3-10(14)6-17-13/h3-4,6-9,11H,5,15H2,1-2H3. The van der Waals surface area contributed by atoms with Crippen molar-refractivity contribution in [1.82, 2.24) is 14.5 Å². The zero-order chi connectivity index (χ0) is 13.1. The second-order valence-corrected chi connectivity index (χ2v) is 4.61. The van der Waals surface area contributed by atoms with Gasteiger partial charge in [-0.25, -0.2) is 14.4 Å². The third-order valence-corrected chi connectivity index (χ3v) is 3.06. The van der Waals surface area contributed by atoms with Crippen LogP contribution in [0.15, 0.2) is 30.9 Å². The molecule has 0 aliphatic heterocycles. The molecule has 2 aromatic heterocycles. The van der Waals surface area contributed by atoms with Crippen LogP contribution >= 0.6 is 0 Å². The molecule has 0 aromatic carbocycles. The van der Waals surface area contributed by atoms with Gasteiger partial charge in [-0.05, 0) is 18.1 Å². The van der Waals surface area contributed by atoms with E-state index in [1.54, 1.807) is 18.6 Å². The second-order valence-electron chi connectivity index (χ2n) is 4.61. The van der Waals surface area contributed by atoms with Gasteiger partial charge in [-0.2, -0.15) is 0 Å². The summed E-state index contributed by atoms with van der Waals surface area (Å²) in [6.45, 7) is 4.78. The van der Waals surface area contributed by atoms with Gasteiger partial charge in [0.1, 0.15) is 18.0 Å². The highest BCUT2D eigenvalue weighted by Gasteiger charge is 2.19. The molecule has 1 atom stereocenters. The highest BCUT2D eigenvalue weighted by Crippen LogP contribution is 2.24. The van der Waals surface area contributed by atoms with Crippen molar-refractivity contribution >= 4 is 0 Å². The zero-order valence-electron chi connectivity index (χ0n) is 10.5. The first-order chi connectivity index (χ1) is 8.63. The topological polar surface area (TPSA) is 56.7 Å². The fourth-order valence-electron chi connectivity index (χ4n) is 2.02. The number of hydrogen-bond acceptors (Lipinski definition) is 3. The van der Waals surface area contributed by atoms with Crippen LogP contribution in [0, 0.1) is 11.7 Å². The summed E-state index contributed by atoms with van der Waals surface area (Å²) in [4.78, 5) is 8.21. The summed E-state index contributed by atoms with van der Waals surface area (Å²) in [6.07, 6.45) is 4.68. The van der Waals surface area contributed by atoms with E-state index >= 15 is 0 Å². The van der Waals surface area contributed by atoms with E-state index in [2.05, 4.69) is 23.8 Å². The minimum atomic E-state index is -0.348. The molecule has 4 nitrogen and oxygen atoms in total. The molecule has 2 N–H and O–H groups in total. The van der Waals surface area contributed by atoms with Gasteiger partial charge in [0.25, 0.3) is 0 Å². The normalized spacial score (nSPS) is 12.9. The van der Waals surface area contributed by atoms with Crippen molar-refractivity contribution in [2.24, 2.45) is 11.7 Å². The molecular formula is C13H17FN4. The molecule has 2 heterocycles. The van der Waals surface area contributed by atoms with Crippen molar-refractivity contribution < 1.29 is 4.39 Å². The summed E-state index contributed by atoms with van der Waals surface area (Å²) in [5.74, 6) is 0.924. The number of nitrogens with zero attached hydrogens (tertiary/aromatic N) is 3. The van der Waals surface area contributed by atoms with Crippen molar-refractivity contribution in [3.63, 3.8) is 0 Å². The lowest BCUT2D eigenvalue weighted by atomic mass is 9.93. The fourth-order valence-corrected chi connectivity index (χ4v) is 2.02. The van der Waals surface area contributed by atoms with Gasteiger partial charge >= 0.3 is 0 Å². The van der Waals surface area contributed by atoms with Gasteiger partial charge < -0.3 is 5.73 Å². The Balaban J connectivity index is 2.41. The van der Waals surface area contributed by atoms with Crippen molar-refractivity contribution in [2.75, 3.05) is 6.54 Å². The van der Waals surface area contributed by atoms with Crippen LogP contribution in [0.3, 0.4) is 0 Å². The van der Waals surface area contributed by atoms with Gasteiger partial charge in [-0.15, -0.1) is 0 Å². The summed E-state index contributed by atoms with van der Waals surface area (Å²) in [5, 5.41) is 0. The first-order valence-corrected chi connectivity index (χ1v) is 5.97. The number of rotatable bonds is 4. The largest absolute Gasteiger partial charge is 0.330 e. The molecule has 0 aliphatic rings. The van der Waals surface area contributed by atoms with E-state index in [9.17, 15) is 4.39 Å². The Morgan fingerprint density at radius 3 is 2.67 bits per heavy atom. The van der Waals surface area contributed by atoms with Crippen LogP contribution in [-0.2, 0) is 0 Å². The molecule has 18 heavy (non-hydrogen) atoms. The van der Waals surface area contributed by atoms with E-state index in [4.69, 9.17) is 5.73 Å². The lowest BCUT2D eigenvalue weighted by Crippen LogP contribution is -2.20. The third-order valence-electron chi connectivity index (χ3n) is 3.06. The summed E-state index contributed by atoms with van der Waals surface area (Å²) < 4.78 is 14.7. The van der Waals surface area contributed by atoms with E-state index in [0.717, 1.165) is 5.69 Å². The Hall–Kier alpha value is -1.75. The number of imidazole rings is 1. The summed E-state index contributed by atoms with van der Waals surface area (Å²) in [6, 6.07) is 3.02. The number of halogens is 1. The van der Waals surface area contributed by atoms with E-state index in [1.165, 1.54) is 12.3 Å². The second kappa shape index (κ2) is 5.27. The molecule has 0 saturated heterocycles. The monoisotopic (exact) mass is 248 g/mol. The van der Waals surface area contributed by atoms with Crippen LogP contribution in [-0.4, -0.2) is 21.1 Å². The summed E-state index contributed by atoms with van der Waals surface area (Å²) >= 11 is 0. The highest BCUT2D eigenvalue weighted by atomic mass is 19.1. The van der Waals surface area contributed by atoms with Gasteiger partial charge in [0.15, 0.2) is 0 Å². The predicted molar refractivity (Wildman–Crippen MR) is 68.0 cm³/mol. The molecule has 2 rings (SSSR count). The van der Waals surface area contributed by atoms with Crippen molar-refractivity contribution in [3.8, 4) is 5.82 Å². The maximum atomic E-state index is 12.9. The molecule has 1 unspecified atom stereocenters. The molecule has 0 bridgehead atoms. The molecule has 0 saturated carbocycles. The van der Waals surface area contributed by atoms with Crippen molar-refractivity contribution in [2.45, 2.75) is 19.8 Å². The van der Waals surface area contributed by atoms with Crippen LogP contribution in [0.25, 0.3) is 5.82 Å². The number of nitrogens with two attached hydrogens (primary N) is 1. The molecular weight excluding hydrogens is 231 g/mol. The predicted octanol–water partition coefficient (Wildman–Crippen LogP) is 2.10. The lowest BCUT2D eigenvalue weighted by molar-refractivity contribution is 0.489. The van der Waals surface area contributed by atoms with Crippen LogP contribution in [0.1, 0.15) is 25.5 Å². The van der Waals surface area contributed by atoms with Gasteiger partial charge in [-0.1, -0.05) is 13.8 Å². The molecule has 0 amide bonds. The Labute approximate surface area is 106 Å². The number of aromatic nitrogens is 3. The molecule has 96 valence electrons. The Bertz CT molecular complexity index is 504. The smallest absolute Gasteiger partial charge is 0.141 e. The summed E-state index contributed by atoms with van der Waals surface area (Å²) in [5.41, 5.74) is 6.82. The number of pyridine rings is 1. The van der Waals surface area contributed by atoms with Crippen LogP contribution in [0.2, 0.25) is 0 Å². The summed E-state index contributed by atoms with van der Waals surface area (Å²) in [7, 11) is 0. The van der Waals surface area contributed by atoms with E-state index < -0.39 is 0 Å². The minimum absolute atomic E-state index is 0.208. The quantitative estimate of drug-likeness (QED) is 0.901. The molecule has 0 radical (unpaired) electrons. The lowest BCUT2D eigenvalue weighted by Gasteiger charge is -2.20. The fraction of sp³-hybridized carbons (Fsp3) is 0.385. The van der Waals surface area contributed by atoms with Crippen molar-refractivity contribution in [3.05, 3.63) is 42.4 Å². The first kappa shape index (κ1) is 12.7. The minimum Gasteiger partial charge on any atom is -0.330 e.